The average molecular weight is 229 g/mol. The maximum atomic E-state index is 5.58. The van der Waals surface area contributed by atoms with Crippen LogP contribution in [0.3, 0.4) is 0 Å². The second-order valence-electron chi connectivity index (χ2n) is 4.79. The van der Waals surface area contributed by atoms with Crippen molar-refractivity contribution in [2.45, 2.75) is 44.6 Å². The minimum absolute atomic E-state index is 0.514. The summed E-state index contributed by atoms with van der Waals surface area (Å²) >= 11 is 0. The fourth-order valence-corrected chi connectivity index (χ4v) is 2.46. The molecule has 1 rings (SSSR count). The number of rotatable bonds is 8. The summed E-state index contributed by atoms with van der Waals surface area (Å²) in [4.78, 5) is 0. The number of methoxy groups -OCH3 is 1. The smallest absolute Gasteiger partial charge is 0.0701 e. The van der Waals surface area contributed by atoms with Gasteiger partial charge in [-0.3, -0.25) is 0 Å². The number of likely N-dealkylation sites (N-methyl/N-ethyl adjacent to an activating group) is 1. The van der Waals surface area contributed by atoms with Crippen LogP contribution in [0.2, 0.25) is 0 Å². The van der Waals surface area contributed by atoms with Gasteiger partial charge >= 0.3 is 0 Å². The quantitative estimate of drug-likeness (QED) is 0.647. The summed E-state index contributed by atoms with van der Waals surface area (Å²) in [5.41, 5.74) is 0. The summed E-state index contributed by atoms with van der Waals surface area (Å²) < 4.78 is 10.5. The van der Waals surface area contributed by atoms with Crippen molar-refractivity contribution in [3.63, 3.8) is 0 Å². The third kappa shape index (κ3) is 5.83. The lowest BCUT2D eigenvalue weighted by Crippen LogP contribution is -2.33. The van der Waals surface area contributed by atoms with Crippen LogP contribution in [0.15, 0.2) is 0 Å². The maximum absolute atomic E-state index is 5.58. The first-order valence-electron chi connectivity index (χ1n) is 6.60. The van der Waals surface area contributed by atoms with Crippen LogP contribution < -0.4 is 5.32 Å². The highest BCUT2D eigenvalue weighted by Gasteiger charge is 2.17. The van der Waals surface area contributed by atoms with Gasteiger partial charge in [-0.05, 0) is 19.4 Å². The van der Waals surface area contributed by atoms with Gasteiger partial charge in [0, 0.05) is 13.2 Å². The van der Waals surface area contributed by atoms with Crippen molar-refractivity contribution >= 4 is 0 Å². The van der Waals surface area contributed by atoms with Gasteiger partial charge in [0.1, 0.15) is 0 Å². The van der Waals surface area contributed by atoms with Crippen LogP contribution in [0, 0.1) is 5.92 Å². The monoisotopic (exact) mass is 229 g/mol. The summed E-state index contributed by atoms with van der Waals surface area (Å²) in [6, 6.07) is 0.514. The van der Waals surface area contributed by atoms with Crippen molar-refractivity contribution in [3.05, 3.63) is 0 Å². The molecule has 1 fully saturated rings. The van der Waals surface area contributed by atoms with Crippen LogP contribution >= 0.6 is 0 Å². The SMILES string of the molecule is CNC(COCCOC)CC1CCCCC1. The molecule has 0 spiro atoms. The molecule has 0 saturated heterocycles. The van der Waals surface area contributed by atoms with Crippen LogP contribution in [0.25, 0.3) is 0 Å². The topological polar surface area (TPSA) is 30.5 Å². The molecule has 0 aromatic carbocycles. The first-order valence-corrected chi connectivity index (χ1v) is 6.60. The van der Waals surface area contributed by atoms with Gasteiger partial charge in [0.25, 0.3) is 0 Å². The molecule has 0 radical (unpaired) electrons. The molecule has 1 aliphatic carbocycles. The molecule has 3 nitrogen and oxygen atoms in total. The van der Waals surface area contributed by atoms with Crippen molar-refractivity contribution < 1.29 is 9.47 Å². The minimum atomic E-state index is 0.514. The van der Waals surface area contributed by atoms with Crippen LogP contribution in [-0.4, -0.2) is 40.0 Å². The largest absolute Gasteiger partial charge is 0.382 e. The fraction of sp³-hybridized carbons (Fsp3) is 1.00. The highest BCUT2D eigenvalue weighted by Crippen LogP contribution is 2.27. The molecule has 1 atom stereocenters. The number of hydrogen-bond acceptors (Lipinski definition) is 3. The Morgan fingerprint density at radius 3 is 2.56 bits per heavy atom. The molecule has 1 saturated carbocycles. The van der Waals surface area contributed by atoms with Crippen molar-refractivity contribution in [3.8, 4) is 0 Å². The zero-order chi connectivity index (χ0) is 11.6. The Bertz CT molecular complexity index is 158. The summed E-state index contributed by atoms with van der Waals surface area (Å²) in [6.45, 7) is 2.22. The first-order chi connectivity index (χ1) is 7.86. The van der Waals surface area contributed by atoms with Crippen LogP contribution in [0.1, 0.15) is 38.5 Å². The third-order valence-corrected chi connectivity index (χ3v) is 3.50. The highest BCUT2D eigenvalue weighted by atomic mass is 16.5. The Morgan fingerprint density at radius 2 is 1.94 bits per heavy atom. The van der Waals surface area contributed by atoms with Crippen molar-refractivity contribution in [2.75, 3.05) is 34.0 Å². The second kappa shape index (κ2) is 8.97. The molecular weight excluding hydrogens is 202 g/mol. The predicted octanol–water partition coefficient (Wildman–Crippen LogP) is 2.21. The minimum Gasteiger partial charge on any atom is -0.382 e. The van der Waals surface area contributed by atoms with E-state index in [1.165, 1.54) is 38.5 Å². The lowest BCUT2D eigenvalue weighted by molar-refractivity contribution is 0.0550. The Hall–Kier alpha value is -0.120. The van der Waals surface area contributed by atoms with E-state index in [1.54, 1.807) is 7.11 Å². The second-order valence-corrected chi connectivity index (χ2v) is 4.79. The Morgan fingerprint density at radius 1 is 1.19 bits per heavy atom. The first kappa shape index (κ1) is 13.9. The van der Waals surface area contributed by atoms with Gasteiger partial charge in [0.2, 0.25) is 0 Å². The zero-order valence-corrected chi connectivity index (χ0v) is 10.8. The third-order valence-electron chi connectivity index (χ3n) is 3.50. The van der Waals surface area contributed by atoms with Gasteiger partial charge in [-0.15, -0.1) is 0 Å². The van der Waals surface area contributed by atoms with E-state index in [0.29, 0.717) is 19.3 Å². The molecule has 0 aliphatic heterocycles. The van der Waals surface area contributed by atoms with Crippen LogP contribution in [0.5, 0.6) is 0 Å². The van der Waals surface area contributed by atoms with E-state index in [-0.39, 0.29) is 0 Å². The highest BCUT2D eigenvalue weighted by molar-refractivity contribution is 4.73. The van der Waals surface area contributed by atoms with E-state index in [1.807, 2.05) is 7.05 Å². The van der Waals surface area contributed by atoms with Gasteiger partial charge in [-0.25, -0.2) is 0 Å². The average Bonchev–Trinajstić information content (AvgIpc) is 2.34. The normalized spacial score (nSPS) is 19.9. The van der Waals surface area contributed by atoms with Gasteiger partial charge in [-0.2, -0.15) is 0 Å². The van der Waals surface area contributed by atoms with Gasteiger partial charge in [0.05, 0.1) is 19.8 Å². The molecule has 1 aliphatic rings. The molecule has 1 unspecified atom stereocenters. The van der Waals surface area contributed by atoms with E-state index >= 15 is 0 Å². The molecular formula is C13H27NO2. The summed E-state index contributed by atoms with van der Waals surface area (Å²) in [5.74, 6) is 0.914. The summed E-state index contributed by atoms with van der Waals surface area (Å²) in [5, 5.41) is 3.36. The predicted molar refractivity (Wildman–Crippen MR) is 66.7 cm³/mol. The fourth-order valence-electron chi connectivity index (χ4n) is 2.46. The molecule has 96 valence electrons. The number of hydrogen-bond donors (Lipinski definition) is 1. The molecule has 0 bridgehead atoms. The number of nitrogens with one attached hydrogen (secondary N) is 1. The molecule has 0 aromatic heterocycles. The molecule has 0 amide bonds. The van der Waals surface area contributed by atoms with E-state index in [4.69, 9.17) is 9.47 Å². The van der Waals surface area contributed by atoms with Crippen LogP contribution in [-0.2, 0) is 9.47 Å². The van der Waals surface area contributed by atoms with Crippen molar-refractivity contribution in [1.82, 2.24) is 5.32 Å². The Balaban J connectivity index is 2.09. The van der Waals surface area contributed by atoms with Crippen molar-refractivity contribution in [2.24, 2.45) is 5.92 Å². The van der Waals surface area contributed by atoms with E-state index < -0.39 is 0 Å². The van der Waals surface area contributed by atoms with Gasteiger partial charge in [-0.1, -0.05) is 32.1 Å². The summed E-state index contributed by atoms with van der Waals surface area (Å²) in [6.07, 6.45) is 8.37. The molecule has 1 N–H and O–H groups in total. The molecule has 0 heterocycles. The van der Waals surface area contributed by atoms with Crippen LogP contribution in [0.4, 0.5) is 0 Å². The summed E-state index contributed by atoms with van der Waals surface area (Å²) in [7, 11) is 3.74. The lowest BCUT2D eigenvalue weighted by Gasteiger charge is -2.26. The van der Waals surface area contributed by atoms with E-state index in [2.05, 4.69) is 5.32 Å². The van der Waals surface area contributed by atoms with E-state index in [0.717, 1.165) is 12.5 Å². The van der Waals surface area contributed by atoms with Gasteiger partial charge < -0.3 is 14.8 Å². The van der Waals surface area contributed by atoms with Crippen molar-refractivity contribution in [1.29, 1.82) is 0 Å². The van der Waals surface area contributed by atoms with E-state index in [9.17, 15) is 0 Å². The standard InChI is InChI=1S/C13H27NO2/c1-14-13(11-16-9-8-15-2)10-12-6-4-3-5-7-12/h12-14H,3-11H2,1-2H3. The lowest BCUT2D eigenvalue weighted by atomic mass is 9.85. The molecule has 3 heteroatoms. The maximum Gasteiger partial charge on any atom is 0.0701 e. The Kier molecular flexibility index (Phi) is 7.81. The van der Waals surface area contributed by atoms with Gasteiger partial charge in [0.15, 0.2) is 0 Å². The Labute approximate surface area is 99.9 Å². The number of ether oxygens (including phenoxy) is 2. The molecule has 0 aromatic rings. The zero-order valence-electron chi connectivity index (χ0n) is 10.8. The molecule has 16 heavy (non-hydrogen) atoms.